The van der Waals surface area contributed by atoms with Gasteiger partial charge in [0.2, 0.25) is 0 Å². The third kappa shape index (κ3) is 3.54. The highest BCUT2D eigenvalue weighted by Crippen LogP contribution is 1.51. The summed E-state index contributed by atoms with van der Waals surface area (Å²) in [5, 5.41) is 0. The average Bonchev–Trinajstić information content (AvgIpc) is 1.41. The van der Waals surface area contributed by atoms with E-state index in [0.717, 1.165) is 6.20 Å². The van der Waals surface area contributed by atoms with Gasteiger partial charge in [0, 0.05) is 11.8 Å². The molecular weight excluding hydrogens is 89.5 g/mol. The molecule has 0 rings (SSSR count). The Balaban J connectivity index is 2.93. The van der Waals surface area contributed by atoms with Crippen LogP contribution in [0.1, 0.15) is 0 Å². The van der Waals surface area contributed by atoms with Crippen LogP contribution in [0.3, 0.4) is 0 Å². The zero-order valence-electron chi connectivity index (χ0n) is 2.36. The van der Waals surface area contributed by atoms with Crippen molar-refractivity contribution in [2.45, 2.75) is 0 Å². The van der Waals surface area contributed by atoms with Crippen LogP contribution in [0.5, 0.6) is 0 Å². The Morgan fingerprint density at radius 2 is 2.60 bits per heavy atom. The zero-order valence-corrected chi connectivity index (χ0v) is 3.12. The van der Waals surface area contributed by atoms with Gasteiger partial charge in [0.25, 0.3) is 0 Å². The van der Waals surface area contributed by atoms with Crippen molar-refractivity contribution in [2.75, 3.05) is 0 Å². The van der Waals surface area contributed by atoms with Crippen molar-refractivity contribution in [3.05, 3.63) is 6.20 Å². The molecule has 0 bridgehead atoms. The Kier molecular flexibility index (Phi) is 3.21. The molecule has 2 nitrogen and oxygen atoms in total. The van der Waals surface area contributed by atoms with Gasteiger partial charge in [-0.15, -0.1) is 0 Å². The monoisotopic (exact) mass is 91.0 g/mol. The molecule has 0 spiro atoms. The molecule has 3 heteroatoms. The molecule has 0 heterocycles. The molecule has 0 aliphatic rings. The van der Waals surface area contributed by atoms with E-state index >= 15 is 0 Å². The van der Waals surface area contributed by atoms with Crippen LogP contribution in [0.25, 0.3) is 0 Å². The lowest BCUT2D eigenvalue weighted by atomic mass is 11.1. The first-order valence-corrected chi connectivity index (χ1v) is 1.35. The number of rotatable bonds is 1. The Hall–Kier alpha value is -0.460. The predicted octanol–water partition coefficient (Wildman–Crippen LogP) is 0.0751. The van der Waals surface area contributed by atoms with Crippen LogP contribution in [-0.4, -0.2) is 5.94 Å². The van der Waals surface area contributed by atoms with Gasteiger partial charge in [0.05, 0.1) is 6.20 Å². The summed E-state index contributed by atoms with van der Waals surface area (Å²) in [7, 11) is 0. The third-order valence-electron chi connectivity index (χ3n) is 0.113. The van der Waals surface area contributed by atoms with Crippen molar-refractivity contribution in [2.24, 2.45) is 0 Å². The van der Waals surface area contributed by atoms with E-state index in [2.05, 4.69) is 0 Å². The van der Waals surface area contributed by atoms with Crippen molar-refractivity contribution in [3.63, 3.8) is 0 Å². The lowest BCUT2D eigenvalue weighted by Gasteiger charge is -1.63. The molecule has 0 aliphatic heterocycles. The quantitative estimate of drug-likeness (QED) is 0.366. The maximum Gasteiger partial charge on any atom is 0.143 e. The van der Waals surface area contributed by atoms with E-state index in [0.29, 0.717) is 0 Å². The molecule has 5 heavy (non-hydrogen) atoms. The van der Waals surface area contributed by atoms with Gasteiger partial charge in [-0.3, -0.25) is 4.84 Å². The summed E-state index contributed by atoms with van der Waals surface area (Å²) in [4.78, 5) is 11.0. The second kappa shape index (κ2) is 3.54. The van der Waals surface area contributed by atoms with Crippen LogP contribution in [0, 0.1) is 0 Å². The highest BCUT2D eigenvalue weighted by atomic mass is 35.5. The van der Waals surface area contributed by atoms with E-state index in [9.17, 15) is 0 Å². The summed E-state index contributed by atoms with van der Waals surface area (Å²) in [6.45, 7) is 0. The third-order valence-corrected chi connectivity index (χ3v) is 0.223. The molecule has 0 saturated heterocycles. The highest BCUT2D eigenvalue weighted by Gasteiger charge is 1.48. The first-order chi connectivity index (χ1) is 2.41. The largest absolute Gasteiger partial charge is 0.295 e. The van der Waals surface area contributed by atoms with Crippen molar-refractivity contribution < 1.29 is 4.79 Å². The fourth-order valence-electron chi connectivity index (χ4n) is 0.0223. The SMILES string of the molecule is O=C=CNCl. The van der Waals surface area contributed by atoms with Crippen molar-refractivity contribution in [1.29, 1.82) is 0 Å². The minimum Gasteiger partial charge on any atom is -0.295 e. The van der Waals surface area contributed by atoms with Crippen LogP contribution < -0.4 is 4.84 Å². The van der Waals surface area contributed by atoms with Crippen LogP contribution in [-0.2, 0) is 4.79 Å². The molecule has 0 aromatic rings. The smallest absolute Gasteiger partial charge is 0.143 e. The summed E-state index contributed by atoms with van der Waals surface area (Å²) in [6.07, 6.45) is 0.960. The van der Waals surface area contributed by atoms with Crippen molar-refractivity contribution in [1.82, 2.24) is 4.84 Å². The van der Waals surface area contributed by atoms with Gasteiger partial charge in [-0.2, -0.15) is 0 Å². The summed E-state index contributed by atoms with van der Waals surface area (Å²) in [6, 6.07) is 0. The summed E-state index contributed by atoms with van der Waals surface area (Å²) >= 11 is 4.73. The van der Waals surface area contributed by atoms with Gasteiger partial charge in [-0.25, -0.2) is 4.79 Å². The predicted molar refractivity (Wildman–Crippen MR) is 19.3 cm³/mol. The molecule has 0 saturated carbocycles. The molecule has 0 unspecified atom stereocenters. The number of nitrogens with one attached hydrogen (secondary N) is 1. The van der Waals surface area contributed by atoms with Gasteiger partial charge in [-0.1, -0.05) is 0 Å². The molecule has 0 radical (unpaired) electrons. The minimum atomic E-state index is 0.960. The van der Waals surface area contributed by atoms with Gasteiger partial charge in [0.15, 0.2) is 0 Å². The summed E-state index contributed by atoms with van der Waals surface area (Å²) in [5.74, 6) is 1.40. The Labute approximate surface area is 34.5 Å². The molecular formula is C2H2ClNO. The van der Waals surface area contributed by atoms with E-state index in [1.165, 1.54) is 5.94 Å². The number of hydrogen-bond donors (Lipinski definition) is 1. The van der Waals surface area contributed by atoms with E-state index in [-0.39, 0.29) is 0 Å². The Morgan fingerprint density at radius 1 is 2.00 bits per heavy atom. The van der Waals surface area contributed by atoms with Crippen LogP contribution >= 0.6 is 11.8 Å². The molecule has 0 aliphatic carbocycles. The lowest BCUT2D eigenvalue weighted by molar-refractivity contribution is 0.568. The number of hydrogen-bond acceptors (Lipinski definition) is 2. The molecule has 0 fully saturated rings. The molecule has 0 aromatic heterocycles. The number of carbonyl (C=O) groups excluding carboxylic acids is 1. The van der Waals surface area contributed by atoms with E-state index in [1.54, 1.807) is 0 Å². The Bertz CT molecular complexity index is 56.7. The fourth-order valence-corrected chi connectivity index (χ4v) is 0.0668. The average molecular weight is 91.5 g/mol. The van der Waals surface area contributed by atoms with Gasteiger partial charge >= 0.3 is 0 Å². The number of halogens is 1. The van der Waals surface area contributed by atoms with Crippen LogP contribution in [0.2, 0.25) is 0 Å². The van der Waals surface area contributed by atoms with Gasteiger partial charge in [0.1, 0.15) is 5.94 Å². The zero-order chi connectivity index (χ0) is 4.12. The highest BCUT2D eigenvalue weighted by molar-refractivity contribution is 6.14. The van der Waals surface area contributed by atoms with E-state index in [1.807, 2.05) is 4.84 Å². The van der Waals surface area contributed by atoms with E-state index in [4.69, 9.17) is 16.6 Å². The topological polar surface area (TPSA) is 29.1 Å². The van der Waals surface area contributed by atoms with E-state index < -0.39 is 0 Å². The first kappa shape index (κ1) is 4.54. The normalized spacial score (nSPS) is 5.00. The fraction of sp³-hybridized carbons (Fsp3) is 0. The molecule has 1 N–H and O–H groups in total. The second-order valence-electron chi connectivity index (χ2n) is 0.371. The van der Waals surface area contributed by atoms with Gasteiger partial charge in [-0.05, 0) is 0 Å². The summed E-state index contributed by atoms with van der Waals surface area (Å²) in [5.41, 5.74) is 0. The van der Waals surface area contributed by atoms with Crippen LogP contribution in [0.4, 0.5) is 0 Å². The molecule has 0 amide bonds. The first-order valence-electron chi connectivity index (χ1n) is 0.970. The second-order valence-corrected chi connectivity index (χ2v) is 0.590. The molecule has 28 valence electrons. The minimum absolute atomic E-state index is 0.960. The standard InChI is InChI=1S/C2H2ClNO/c3-4-1-2-5/h1,4H. The van der Waals surface area contributed by atoms with Crippen LogP contribution in [0.15, 0.2) is 6.20 Å². The lowest BCUT2D eigenvalue weighted by Crippen LogP contribution is -1.78. The van der Waals surface area contributed by atoms with Gasteiger partial charge < -0.3 is 0 Å². The summed E-state index contributed by atoms with van der Waals surface area (Å²) < 4.78 is 0. The maximum absolute atomic E-state index is 9.08. The Morgan fingerprint density at radius 3 is 2.60 bits per heavy atom. The van der Waals surface area contributed by atoms with Crippen molar-refractivity contribution in [3.8, 4) is 0 Å². The maximum atomic E-state index is 9.08. The van der Waals surface area contributed by atoms with Crippen molar-refractivity contribution >= 4 is 17.7 Å². The molecule has 0 atom stereocenters. The molecule has 0 aromatic carbocycles.